The van der Waals surface area contributed by atoms with Gasteiger partial charge >= 0.3 is 0 Å². The number of hydrogen-bond donors (Lipinski definition) is 4. The van der Waals surface area contributed by atoms with Gasteiger partial charge in [0.15, 0.2) is 0 Å². The summed E-state index contributed by atoms with van der Waals surface area (Å²) < 4.78 is 3.07. The number of aliphatic hydroxyl groups is 1. The van der Waals surface area contributed by atoms with E-state index in [1.165, 1.54) is 15.8 Å². The summed E-state index contributed by atoms with van der Waals surface area (Å²) in [6.07, 6.45) is 7.47. The number of benzene rings is 1. The monoisotopic (exact) mass is 722 g/mol. The Kier molecular flexibility index (Phi) is 10.2. The molecule has 6 N–H and O–H groups in total. The van der Waals surface area contributed by atoms with E-state index in [0.29, 0.717) is 40.2 Å². The number of nitrogens with one attached hydrogen (secondary N) is 1. The van der Waals surface area contributed by atoms with E-state index in [2.05, 4.69) is 25.9 Å². The van der Waals surface area contributed by atoms with Crippen LogP contribution >= 0.6 is 11.8 Å². The second-order valence-corrected chi connectivity index (χ2v) is 15.9. The van der Waals surface area contributed by atoms with E-state index in [9.17, 15) is 24.3 Å². The molecule has 3 fully saturated rings. The summed E-state index contributed by atoms with van der Waals surface area (Å²) in [5, 5.41) is 30.7. The average molecular weight is 723 g/mol. The first-order valence-electron chi connectivity index (χ1n) is 17.5. The van der Waals surface area contributed by atoms with Crippen molar-refractivity contribution >= 4 is 52.2 Å². The number of likely N-dealkylation sites (tertiary alicyclic amines) is 1. The molecule has 6 rings (SSSR count). The molecule has 3 aliphatic rings. The number of nitrogens with zero attached hydrogens (tertiary/aromatic N) is 7. The zero-order valence-corrected chi connectivity index (χ0v) is 30.0. The largest absolute Gasteiger partial charge is 0.384 e. The predicted octanol–water partition coefficient (Wildman–Crippen LogP) is 1.22. The maximum atomic E-state index is 15.2. The second-order valence-electron chi connectivity index (χ2n) is 14.7. The number of aryl methyl sites for hydroxylation is 1. The molecule has 3 atom stereocenters. The highest BCUT2D eigenvalue weighted by molar-refractivity contribution is 7.99. The lowest BCUT2D eigenvalue weighted by molar-refractivity contribution is -0.145. The fourth-order valence-corrected chi connectivity index (χ4v) is 9.19. The van der Waals surface area contributed by atoms with Gasteiger partial charge < -0.3 is 26.8 Å². The maximum absolute atomic E-state index is 15.2. The van der Waals surface area contributed by atoms with Crippen molar-refractivity contribution in [2.24, 2.45) is 24.4 Å². The Morgan fingerprint density at radius 3 is 2.43 bits per heavy atom. The van der Waals surface area contributed by atoms with Crippen LogP contribution in [0.3, 0.4) is 0 Å². The Hall–Kier alpha value is -4.38. The van der Waals surface area contributed by atoms with Gasteiger partial charge in [-0.05, 0) is 68.2 Å². The number of ketones is 1. The number of amides is 4. The lowest BCUT2D eigenvalue weighted by Crippen LogP contribution is -2.62. The van der Waals surface area contributed by atoms with Gasteiger partial charge in [-0.2, -0.15) is 11.8 Å². The Bertz CT molecular complexity index is 1840. The van der Waals surface area contributed by atoms with Crippen molar-refractivity contribution in [3.05, 3.63) is 35.2 Å². The summed E-state index contributed by atoms with van der Waals surface area (Å²) in [6.45, 7) is 3.24. The predicted molar refractivity (Wildman–Crippen MR) is 187 cm³/mol. The van der Waals surface area contributed by atoms with E-state index in [4.69, 9.17) is 11.5 Å². The molecule has 2 aromatic heterocycles. The Balaban J connectivity index is 1.44. The van der Waals surface area contributed by atoms with Crippen molar-refractivity contribution in [2.45, 2.75) is 101 Å². The number of fused-ring (bicyclic) bond motifs is 1. The SMILES string of the molecule is Cn1nnc2c([C@@H](CC3CCCCC3)C(=O)N3C[C@@H](n4nncc4C(C)(C)O)C[C@H]3C(=O)NC3(C(=O)C(N)=O)CCSCC3)cc(C(N)=O)cc21. The molecule has 0 bridgehead atoms. The molecule has 2 saturated heterocycles. The molecule has 3 aromatic rings. The van der Waals surface area contributed by atoms with Crippen molar-refractivity contribution in [3.8, 4) is 0 Å². The van der Waals surface area contributed by atoms with Crippen LogP contribution in [0.2, 0.25) is 0 Å². The van der Waals surface area contributed by atoms with E-state index in [1.807, 2.05) is 0 Å². The van der Waals surface area contributed by atoms with Gasteiger partial charge in [0, 0.05) is 25.6 Å². The quantitative estimate of drug-likeness (QED) is 0.205. The summed E-state index contributed by atoms with van der Waals surface area (Å²) in [4.78, 5) is 69.2. The molecular weight excluding hydrogens is 677 g/mol. The van der Waals surface area contributed by atoms with E-state index >= 15 is 4.79 Å². The summed E-state index contributed by atoms with van der Waals surface area (Å²) >= 11 is 1.61. The third kappa shape index (κ3) is 7.22. The normalized spacial score (nSPS) is 21.8. The standard InChI is InChI=1S/C34H46N10O6S/c1-33(2,50)26-17-37-40-44(26)21-16-25(31(48)38-34(28(45)30(36)47)9-11-51-12-10-34)43(18-21)32(49)23(13-19-7-5-4-6-8-19)22-14-20(29(35)46)15-24-27(22)39-41-42(24)3/h14-15,17,19,21,23,25,50H,4-13,16,18H2,1-3H3,(H2,35,46)(H2,36,47)(H,38,48)/t21-,23+,25-/m0/s1. The summed E-state index contributed by atoms with van der Waals surface area (Å²) in [5.74, 6) is -3.16. The average Bonchev–Trinajstić information content (AvgIpc) is 3.86. The zero-order valence-electron chi connectivity index (χ0n) is 29.2. The van der Waals surface area contributed by atoms with Crippen molar-refractivity contribution in [1.29, 1.82) is 0 Å². The molecule has 0 spiro atoms. The minimum Gasteiger partial charge on any atom is -0.384 e. The van der Waals surface area contributed by atoms with Gasteiger partial charge in [-0.1, -0.05) is 42.5 Å². The minimum absolute atomic E-state index is 0.0380. The van der Waals surface area contributed by atoms with Gasteiger partial charge in [0.25, 0.3) is 5.91 Å². The highest BCUT2D eigenvalue weighted by Gasteiger charge is 2.49. The Labute approximate surface area is 299 Å². The zero-order chi connectivity index (χ0) is 36.7. The number of carbonyl (C=O) groups excluding carboxylic acids is 5. The second kappa shape index (κ2) is 14.3. The highest BCUT2D eigenvalue weighted by atomic mass is 32.2. The van der Waals surface area contributed by atoms with Crippen LogP contribution < -0.4 is 16.8 Å². The lowest BCUT2D eigenvalue weighted by Gasteiger charge is -2.37. The molecule has 274 valence electrons. The van der Waals surface area contributed by atoms with Gasteiger partial charge in [-0.15, -0.1) is 10.2 Å². The number of primary amides is 2. The van der Waals surface area contributed by atoms with Crippen LogP contribution in [-0.2, 0) is 31.8 Å². The molecule has 2 aliphatic heterocycles. The number of carbonyl (C=O) groups is 5. The first-order valence-corrected chi connectivity index (χ1v) is 18.7. The molecule has 0 radical (unpaired) electrons. The minimum atomic E-state index is -1.49. The molecule has 0 unspecified atom stereocenters. The number of hydrogen-bond acceptors (Lipinski definition) is 11. The number of Topliss-reactive ketones (excluding diaryl/α,β-unsaturated/α-hetero) is 1. The fourth-order valence-electron chi connectivity index (χ4n) is 8.00. The molecule has 1 aromatic carbocycles. The van der Waals surface area contributed by atoms with Crippen LogP contribution in [0.25, 0.3) is 11.0 Å². The molecule has 1 aliphatic carbocycles. The van der Waals surface area contributed by atoms with Gasteiger partial charge in [0.1, 0.15) is 22.7 Å². The summed E-state index contributed by atoms with van der Waals surface area (Å²) in [5.41, 5.74) is 10.5. The molecule has 16 nitrogen and oxygen atoms in total. The summed E-state index contributed by atoms with van der Waals surface area (Å²) in [7, 11) is 1.69. The summed E-state index contributed by atoms with van der Waals surface area (Å²) in [6, 6.07) is 1.56. The molecule has 4 amide bonds. The Morgan fingerprint density at radius 2 is 1.78 bits per heavy atom. The smallest absolute Gasteiger partial charge is 0.287 e. The number of rotatable bonds is 11. The van der Waals surface area contributed by atoms with Gasteiger partial charge in [0.2, 0.25) is 23.5 Å². The number of nitrogens with two attached hydrogens (primary N) is 2. The van der Waals surface area contributed by atoms with Crippen LogP contribution in [0.5, 0.6) is 0 Å². The van der Waals surface area contributed by atoms with Crippen LogP contribution in [-0.4, -0.2) is 99.0 Å². The fraction of sp³-hybridized carbons (Fsp3) is 0.618. The molecule has 4 heterocycles. The molecule has 51 heavy (non-hydrogen) atoms. The maximum Gasteiger partial charge on any atom is 0.287 e. The van der Waals surface area contributed by atoms with E-state index in [0.717, 1.165) is 32.1 Å². The van der Waals surface area contributed by atoms with E-state index in [1.54, 1.807) is 49.5 Å². The molecule has 1 saturated carbocycles. The number of aromatic nitrogens is 6. The van der Waals surface area contributed by atoms with Gasteiger partial charge in [-0.3, -0.25) is 24.0 Å². The third-order valence-corrected chi connectivity index (χ3v) is 11.8. The van der Waals surface area contributed by atoms with Crippen LogP contribution in [0.4, 0.5) is 0 Å². The van der Waals surface area contributed by atoms with Gasteiger partial charge in [-0.25, -0.2) is 9.36 Å². The van der Waals surface area contributed by atoms with Crippen LogP contribution in [0.15, 0.2) is 18.3 Å². The first kappa shape index (κ1) is 36.4. The number of thioether (sulfide) groups is 1. The van der Waals surface area contributed by atoms with E-state index in [-0.39, 0.29) is 43.2 Å². The molecular formula is C34H46N10O6S. The lowest BCUT2D eigenvalue weighted by atomic mass is 9.79. The van der Waals surface area contributed by atoms with Crippen molar-refractivity contribution in [2.75, 3.05) is 18.1 Å². The van der Waals surface area contributed by atoms with Crippen LogP contribution in [0, 0.1) is 5.92 Å². The van der Waals surface area contributed by atoms with Crippen molar-refractivity contribution in [3.63, 3.8) is 0 Å². The van der Waals surface area contributed by atoms with Crippen molar-refractivity contribution < 1.29 is 29.1 Å². The first-order chi connectivity index (χ1) is 24.2. The molecule has 17 heteroatoms. The third-order valence-electron chi connectivity index (χ3n) is 10.8. The highest BCUT2D eigenvalue weighted by Crippen LogP contribution is 2.40. The van der Waals surface area contributed by atoms with Crippen LogP contribution in [0.1, 0.15) is 105 Å². The topological polar surface area (TPSA) is 234 Å². The van der Waals surface area contributed by atoms with Gasteiger partial charge in [0.05, 0.1) is 29.4 Å². The van der Waals surface area contributed by atoms with E-state index < -0.39 is 52.6 Å². The van der Waals surface area contributed by atoms with Crippen molar-refractivity contribution in [1.82, 2.24) is 40.2 Å². The Morgan fingerprint density at radius 1 is 1.08 bits per heavy atom.